The number of aliphatic carboxylic acids is 1. The van der Waals surface area contributed by atoms with Crippen molar-refractivity contribution in [3.63, 3.8) is 0 Å². The Hall–Kier alpha value is -1.92. The molecule has 1 rings (SSSR count). The van der Waals surface area contributed by atoms with Gasteiger partial charge in [0.2, 0.25) is 5.91 Å². The molecule has 6 N–H and O–H groups in total. The van der Waals surface area contributed by atoms with Crippen LogP contribution in [0.15, 0.2) is 24.3 Å². The number of carbonyl (C=O) groups excluding carboxylic acids is 2. The maximum absolute atomic E-state index is 11.9. The highest BCUT2D eigenvalue weighted by atomic mass is 16.4. The zero-order valence-corrected chi connectivity index (χ0v) is 12.6. The van der Waals surface area contributed by atoms with E-state index in [1.807, 2.05) is 24.3 Å². The summed E-state index contributed by atoms with van der Waals surface area (Å²) >= 11 is 0. The van der Waals surface area contributed by atoms with Gasteiger partial charge in [0.05, 0.1) is 12.4 Å². The van der Waals surface area contributed by atoms with Crippen molar-refractivity contribution < 1.29 is 25.7 Å². The fourth-order valence-corrected chi connectivity index (χ4v) is 1.95. The number of benzene rings is 1. The fourth-order valence-electron chi connectivity index (χ4n) is 1.95. The van der Waals surface area contributed by atoms with E-state index in [1.54, 1.807) is 5.32 Å². The van der Waals surface area contributed by atoms with Crippen LogP contribution in [-0.2, 0) is 9.59 Å². The summed E-state index contributed by atoms with van der Waals surface area (Å²) < 4.78 is 0. The summed E-state index contributed by atoms with van der Waals surface area (Å²) in [6.07, 6.45) is -0.117. The SMILES string of the molecule is CC(C)c1ccc(NC(=O)C[C@H]([NH2+]CC[NH3+])C(=O)[O-])cc1. The molecule has 6 heteroatoms. The number of quaternary nitrogens is 2. The molecule has 0 saturated heterocycles. The van der Waals surface area contributed by atoms with Crippen molar-refractivity contribution in [2.75, 3.05) is 18.4 Å². The van der Waals surface area contributed by atoms with E-state index in [1.165, 1.54) is 5.56 Å². The van der Waals surface area contributed by atoms with Crippen molar-refractivity contribution in [2.45, 2.75) is 32.2 Å². The van der Waals surface area contributed by atoms with Crippen molar-refractivity contribution in [3.8, 4) is 0 Å². The van der Waals surface area contributed by atoms with Gasteiger partial charge in [-0.3, -0.25) is 4.79 Å². The van der Waals surface area contributed by atoms with E-state index in [9.17, 15) is 14.7 Å². The maximum Gasteiger partial charge on any atom is 0.230 e. The van der Waals surface area contributed by atoms with Gasteiger partial charge in [-0.1, -0.05) is 26.0 Å². The number of amides is 1. The number of hydrogen-bond acceptors (Lipinski definition) is 3. The van der Waals surface area contributed by atoms with E-state index < -0.39 is 12.0 Å². The molecular formula is C15H24N3O3+. The first-order valence-corrected chi connectivity index (χ1v) is 7.17. The molecular weight excluding hydrogens is 270 g/mol. The van der Waals surface area contributed by atoms with Crippen LogP contribution in [-0.4, -0.2) is 31.0 Å². The first kappa shape index (κ1) is 17.1. The van der Waals surface area contributed by atoms with Gasteiger partial charge in [0, 0.05) is 5.69 Å². The number of rotatable bonds is 8. The highest BCUT2D eigenvalue weighted by Crippen LogP contribution is 2.17. The number of nitrogens with two attached hydrogens (primary N) is 1. The third-order valence-corrected chi connectivity index (χ3v) is 3.22. The molecule has 0 heterocycles. The Morgan fingerprint density at radius 3 is 2.38 bits per heavy atom. The molecule has 0 aliphatic rings. The molecule has 0 spiro atoms. The lowest BCUT2D eigenvalue weighted by Crippen LogP contribution is -2.95. The summed E-state index contributed by atoms with van der Waals surface area (Å²) in [5.41, 5.74) is 5.49. The van der Waals surface area contributed by atoms with E-state index >= 15 is 0 Å². The minimum absolute atomic E-state index is 0.117. The summed E-state index contributed by atoms with van der Waals surface area (Å²) in [4.78, 5) is 22.8. The minimum atomic E-state index is -1.23. The second-order valence-corrected chi connectivity index (χ2v) is 5.33. The smallest absolute Gasteiger partial charge is 0.230 e. The number of anilines is 1. The molecule has 0 fully saturated rings. The molecule has 0 radical (unpaired) electrons. The molecule has 1 amide bonds. The molecule has 1 aromatic carbocycles. The topological polar surface area (TPSA) is 113 Å². The molecule has 6 nitrogen and oxygen atoms in total. The van der Waals surface area contributed by atoms with Gasteiger partial charge in [0.1, 0.15) is 19.1 Å². The van der Waals surface area contributed by atoms with E-state index in [4.69, 9.17) is 0 Å². The fraction of sp³-hybridized carbons (Fsp3) is 0.467. The summed E-state index contributed by atoms with van der Waals surface area (Å²) in [6.45, 7) is 5.34. The third kappa shape index (κ3) is 5.93. The average molecular weight is 294 g/mol. The first-order chi connectivity index (χ1) is 9.93. The van der Waals surface area contributed by atoms with E-state index in [0.29, 0.717) is 24.7 Å². The summed E-state index contributed by atoms with van der Waals surface area (Å²) in [5, 5.41) is 15.2. The molecule has 1 aromatic rings. The monoisotopic (exact) mass is 294 g/mol. The predicted molar refractivity (Wildman–Crippen MR) is 77.1 cm³/mol. The third-order valence-electron chi connectivity index (χ3n) is 3.22. The zero-order chi connectivity index (χ0) is 15.8. The second kappa shape index (κ2) is 8.39. The van der Waals surface area contributed by atoms with Crippen molar-refractivity contribution in [1.29, 1.82) is 0 Å². The van der Waals surface area contributed by atoms with Gasteiger partial charge < -0.3 is 26.3 Å². The molecule has 21 heavy (non-hydrogen) atoms. The largest absolute Gasteiger partial charge is 0.544 e. The summed E-state index contributed by atoms with van der Waals surface area (Å²) in [6, 6.07) is 6.67. The van der Waals surface area contributed by atoms with Crippen molar-refractivity contribution in [2.24, 2.45) is 0 Å². The molecule has 116 valence electrons. The van der Waals surface area contributed by atoms with Crippen LogP contribution in [0.25, 0.3) is 0 Å². The number of carboxylic acids is 1. The van der Waals surface area contributed by atoms with Gasteiger partial charge in [0.25, 0.3) is 0 Å². The van der Waals surface area contributed by atoms with Gasteiger partial charge in [-0.2, -0.15) is 0 Å². The number of nitrogens with one attached hydrogen (secondary N) is 1. The Balaban J connectivity index is 2.57. The minimum Gasteiger partial charge on any atom is -0.544 e. The Bertz CT molecular complexity index is 472. The molecule has 0 aliphatic carbocycles. The molecule has 1 atom stereocenters. The lowest BCUT2D eigenvalue weighted by Gasteiger charge is -2.15. The first-order valence-electron chi connectivity index (χ1n) is 7.17. The standard InChI is InChI=1S/C15H23N3O3/c1-10(2)11-3-5-12(6-4-11)18-14(19)9-13(15(20)21)17-8-7-16/h3-6,10,13,17H,7-9,16H2,1-2H3,(H,18,19)(H,20,21)/p+1/t13-/m0/s1. The van der Waals surface area contributed by atoms with Crippen LogP contribution in [0.4, 0.5) is 5.69 Å². The molecule has 0 aromatic heterocycles. The Morgan fingerprint density at radius 1 is 1.29 bits per heavy atom. The Kier molecular flexibility index (Phi) is 6.84. The second-order valence-electron chi connectivity index (χ2n) is 5.33. The van der Waals surface area contributed by atoms with E-state index in [-0.39, 0.29) is 12.3 Å². The van der Waals surface area contributed by atoms with Crippen LogP contribution in [0, 0.1) is 0 Å². The Morgan fingerprint density at radius 2 is 1.90 bits per heavy atom. The molecule has 0 saturated carbocycles. The van der Waals surface area contributed by atoms with Crippen molar-refractivity contribution in [1.82, 2.24) is 0 Å². The molecule has 0 aliphatic heterocycles. The maximum atomic E-state index is 11.9. The van der Waals surface area contributed by atoms with Gasteiger partial charge in [-0.15, -0.1) is 0 Å². The van der Waals surface area contributed by atoms with E-state index in [2.05, 4.69) is 24.9 Å². The number of carboxylic acid groups (broad SMARTS) is 1. The normalized spacial score (nSPS) is 12.2. The highest BCUT2D eigenvalue weighted by molar-refractivity contribution is 5.93. The Labute approximate surface area is 124 Å². The molecule has 0 unspecified atom stereocenters. The quantitative estimate of drug-likeness (QED) is 0.518. The lowest BCUT2D eigenvalue weighted by atomic mass is 10.0. The van der Waals surface area contributed by atoms with Crippen LogP contribution < -0.4 is 21.5 Å². The van der Waals surface area contributed by atoms with Crippen LogP contribution in [0.2, 0.25) is 0 Å². The average Bonchev–Trinajstić information content (AvgIpc) is 2.43. The summed E-state index contributed by atoms with van der Waals surface area (Å²) in [7, 11) is 0. The van der Waals surface area contributed by atoms with Crippen molar-refractivity contribution in [3.05, 3.63) is 29.8 Å². The lowest BCUT2D eigenvalue weighted by molar-refractivity contribution is -0.695. The van der Waals surface area contributed by atoms with Crippen LogP contribution >= 0.6 is 0 Å². The highest BCUT2D eigenvalue weighted by Gasteiger charge is 2.18. The van der Waals surface area contributed by atoms with Crippen LogP contribution in [0.5, 0.6) is 0 Å². The van der Waals surface area contributed by atoms with Crippen LogP contribution in [0.3, 0.4) is 0 Å². The van der Waals surface area contributed by atoms with E-state index in [0.717, 1.165) is 0 Å². The number of hydrogen-bond donors (Lipinski definition) is 3. The van der Waals surface area contributed by atoms with Gasteiger partial charge in [-0.05, 0) is 23.6 Å². The predicted octanol–water partition coefficient (Wildman–Crippen LogP) is -1.94. The van der Waals surface area contributed by atoms with Gasteiger partial charge in [0.15, 0.2) is 0 Å². The summed E-state index contributed by atoms with van der Waals surface area (Å²) in [5.74, 6) is -1.13. The van der Waals surface area contributed by atoms with Crippen molar-refractivity contribution >= 4 is 17.6 Å². The number of carbonyl (C=O) groups is 2. The zero-order valence-electron chi connectivity index (χ0n) is 12.6. The van der Waals surface area contributed by atoms with Gasteiger partial charge in [-0.25, -0.2) is 0 Å². The van der Waals surface area contributed by atoms with Gasteiger partial charge >= 0.3 is 0 Å². The van der Waals surface area contributed by atoms with Crippen LogP contribution in [0.1, 0.15) is 31.7 Å². The molecule has 0 bridgehead atoms.